The molecule has 9 nitrogen and oxygen atoms in total. The summed E-state index contributed by atoms with van der Waals surface area (Å²) in [6, 6.07) is 0. The lowest BCUT2D eigenvalue weighted by Gasteiger charge is -2.55. The molecule has 24 heavy (non-hydrogen) atoms. The molecule has 0 unspecified atom stereocenters. The average molecular weight is 379 g/mol. The zero-order valence-corrected chi connectivity index (χ0v) is 14.4. The quantitative estimate of drug-likeness (QED) is 0.274. The highest BCUT2D eigenvalue weighted by atomic mass is 35.5. The number of methoxy groups -OCH3 is 1. The fourth-order valence-electron chi connectivity index (χ4n) is 2.48. The standard InChI is InChI=1S/C13H15ClN2O7S/c1-6(17)23-4-7-5-24-12-13(22-2,15-8(18)3-14)11(21)16(12)9(7)10(19)20/h12H,3-5H2,1-2H3,(H,15,18)(H,19,20)/t12-,13-/m1/s1. The molecule has 2 heterocycles. The number of ether oxygens (including phenoxy) is 2. The summed E-state index contributed by atoms with van der Waals surface area (Å²) in [4.78, 5) is 47.6. The van der Waals surface area contributed by atoms with Crippen LogP contribution >= 0.6 is 23.4 Å². The Balaban J connectivity index is 2.32. The number of esters is 1. The number of nitrogens with zero attached hydrogens (tertiary/aromatic N) is 1. The second-order valence-electron chi connectivity index (χ2n) is 5.00. The number of hydrogen-bond donors (Lipinski definition) is 2. The lowest BCUT2D eigenvalue weighted by Crippen LogP contribution is -2.80. The number of carbonyl (C=O) groups is 4. The Morgan fingerprint density at radius 2 is 2.17 bits per heavy atom. The fraction of sp³-hybridized carbons (Fsp3) is 0.538. The van der Waals surface area contributed by atoms with Gasteiger partial charge in [-0.2, -0.15) is 0 Å². The molecule has 2 aliphatic heterocycles. The van der Waals surface area contributed by atoms with Crippen molar-refractivity contribution in [3.8, 4) is 0 Å². The van der Waals surface area contributed by atoms with Gasteiger partial charge < -0.3 is 19.9 Å². The topological polar surface area (TPSA) is 122 Å². The first-order chi connectivity index (χ1) is 11.3. The Kier molecular flexibility index (Phi) is 5.41. The molecule has 0 aromatic heterocycles. The van der Waals surface area contributed by atoms with Crippen LogP contribution in [0.15, 0.2) is 11.3 Å². The molecule has 0 spiro atoms. The molecule has 0 aromatic rings. The largest absolute Gasteiger partial charge is 0.477 e. The monoisotopic (exact) mass is 378 g/mol. The number of nitrogens with one attached hydrogen (secondary N) is 1. The van der Waals surface area contributed by atoms with Gasteiger partial charge in [-0.3, -0.25) is 19.3 Å². The molecule has 1 saturated heterocycles. The van der Waals surface area contributed by atoms with Crippen LogP contribution in [0.1, 0.15) is 6.92 Å². The van der Waals surface area contributed by atoms with Crippen molar-refractivity contribution < 1.29 is 33.8 Å². The third-order valence-corrected chi connectivity index (χ3v) is 5.15. The third-order valence-electron chi connectivity index (χ3n) is 3.53. The Bertz CT molecular complexity index is 638. The van der Waals surface area contributed by atoms with Gasteiger partial charge in [0.1, 0.15) is 23.6 Å². The van der Waals surface area contributed by atoms with E-state index in [-0.39, 0.29) is 23.9 Å². The molecule has 1 fully saturated rings. The number of fused-ring (bicyclic) bond motifs is 1. The Hall–Kier alpha value is -1.78. The minimum Gasteiger partial charge on any atom is -0.477 e. The zero-order chi connectivity index (χ0) is 18.1. The van der Waals surface area contributed by atoms with E-state index in [1.807, 2.05) is 0 Å². The number of aliphatic carboxylic acids is 1. The second-order valence-corrected chi connectivity index (χ2v) is 6.33. The molecule has 0 saturated carbocycles. The van der Waals surface area contributed by atoms with Crippen LogP contribution in [0, 0.1) is 0 Å². The first-order valence-corrected chi connectivity index (χ1v) is 8.32. The van der Waals surface area contributed by atoms with Crippen LogP contribution in [0.5, 0.6) is 0 Å². The molecule has 0 aliphatic carbocycles. The molecular weight excluding hydrogens is 364 g/mol. The van der Waals surface area contributed by atoms with Gasteiger partial charge in [-0.15, -0.1) is 23.4 Å². The highest BCUT2D eigenvalue weighted by Gasteiger charge is 2.66. The normalized spacial score (nSPS) is 25.7. The fourth-order valence-corrected chi connectivity index (χ4v) is 3.97. The van der Waals surface area contributed by atoms with E-state index in [1.54, 1.807) is 0 Å². The number of thioether (sulfide) groups is 1. The predicted molar refractivity (Wildman–Crippen MR) is 83.0 cm³/mol. The highest BCUT2D eigenvalue weighted by molar-refractivity contribution is 8.00. The summed E-state index contributed by atoms with van der Waals surface area (Å²) >= 11 is 6.63. The number of carboxylic acid groups (broad SMARTS) is 1. The van der Waals surface area contributed by atoms with E-state index < -0.39 is 34.9 Å². The molecular formula is C13H15ClN2O7S. The number of amides is 2. The van der Waals surface area contributed by atoms with Crippen molar-refractivity contribution in [2.75, 3.05) is 25.3 Å². The summed E-state index contributed by atoms with van der Waals surface area (Å²) in [7, 11) is 1.24. The summed E-state index contributed by atoms with van der Waals surface area (Å²) in [5, 5.41) is 11.1. The molecule has 2 amide bonds. The van der Waals surface area contributed by atoms with Gasteiger partial charge in [0, 0.05) is 25.4 Å². The number of β-lactam (4-membered cyclic amide) rings is 1. The molecule has 132 valence electrons. The Morgan fingerprint density at radius 1 is 1.50 bits per heavy atom. The summed E-state index contributed by atoms with van der Waals surface area (Å²) in [6.45, 7) is 0.973. The van der Waals surface area contributed by atoms with Gasteiger partial charge in [0.05, 0.1) is 0 Å². The van der Waals surface area contributed by atoms with Crippen LogP contribution in [-0.2, 0) is 28.7 Å². The van der Waals surface area contributed by atoms with E-state index in [1.165, 1.54) is 25.8 Å². The van der Waals surface area contributed by atoms with Crippen LogP contribution in [-0.4, -0.2) is 70.2 Å². The molecule has 2 rings (SSSR count). The van der Waals surface area contributed by atoms with Crippen molar-refractivity contribution in [3.63, 3.8) is 0 Å². The number of carboxylic acids is 1. The van der Waals surface area contributed by atoms with E-state index >= 15 is 0 Å². The van der Waals surface area contributed by atoms with Gasteiger partial charge in [0.2, 0.25) is 5.91 Å². The lowest BCUT2D eigenvalue weighted by atomic mass is 9.98. The van der Waals surface area contributed by atoms with Crippen LogP contribution in [0.3, 0.4) is 0 Å². The molecule has 0 aromatic carbocycles. The van der Waals surface area contributed by atoms with Crippen molar-refractivity contribution in [2.24, 2.45) is 0 Å². The average Bonchev–Trinajstić information content (AvgIpc) is 2.55. The molecule has 2 N–H and O–H groups in total. The molecule has 2 aliphatic rings. The van der Waals surface area contributed by atoms with Crippen molar-refractivity contribution >= 4 is 47.1 Å². The van der Waals surface area contributed by atoms with Gasteiger partial charge in [0.25, 0.3) is 11.6 Å². The lowest BCUT2D eigenvalue weighted by molar-refractivity contribution is -0.192. The first-order valence-electron chi connectivity index (χ1n) is 6.74. The molecule has 2 atom stereocenters. The zero-order valence-electron chi connectivity index (χ0n) is 12.8. The van der Waals surface area contributed by atoms with E-state index in [9.17, 15) is 24.3 Å². The number of halogens is 1. The maximum atomic E-state index is 12.5. The Labute approximate surface area is 146 Å². The van der Waals surface area contributed by atoms with Gasteiger partial charge in [0.15, 0.2) is 0 Å². The summed E-state index contributed by atoms with van der Waals surface area (Å²) in [5.74, 6) is -3.39. The van der Waals surface area contributed by atoms with Crippen LogP contribution in [0.25, 0.3) is 0 Å². The number of alkyl halides is 1. The van der Waals surface area contributed by atoms with E-state index in [0.717, 1.165) is 4.90 Å². The maximum absolute atomic E-state index is 12.5. The van der Waals surface area contributed by atoms with Crippen LogP contribution in [0.4, 0.5) is 0 Å². The smallest absolute Gasteiger partial charge is 0.352 e. The number of hydrogen-bond acceptors (Lipinski definition) is 7. The summed E-state index contributed by atoms with van der Waals surface area (Å²) in [5.41, 5.74) is -1.64. The molecule has 0 radical (unpaired) electrons. The van der Waals surface area contributed by atoms with Crippen molar-refractivity contribution in [1.29, 1.82) is 0 Å². The number of rotatable bonds is 6. The third kappa shape index (κ3) is 2.96. The molecule has 11 heteroatoms. The Morgan fingerprint density at radius 3 is 2.67 bits per heavy atom. The van der Waals surface area contributed by atoms with Gasteiger partial charge in [-0.1, -0.05) is 0 Å². The van der Waals surface area contributed by atoms with Gasteiger partial charge in [-0.05, 0) is 0 Å². The highest BCUT2D eigenvalue weighted by Crippen LogP contribution is 2.46. The van der Waals surface area contributed by atoms with Gasteiger partial charge in [-0.25, -0.2) is 4.79 Å². The van der Waals surface area contributed by atoms with E-state index in [0.29, 0.717) is 5.57 Å². The molecule has 0 bridgehead atoms. The van der Waals surface area contributed by atoms with Crippen LogP contribution < -0.4 is 5.32 Å². The van der Waals surface area contributed by atoms with Crippen molar-refractivity contribution in [3.05, 3.63) is 11.3 Å². The van der Waals surface area contributed by atoms with Crippen molar-refractivity contribution in [1.82, 2.24) is 10.2 Å². The second kappa shape index (κ2) is 6.99. The summed E-state index contributed by atoms with van der Waals surface area (Å²) in [6.07, 6.45) is 0. The van der Waals surface area contributed by atoms with E-state index in [4.69, 9.17) is 21.1 Å². The minimum absolute atomic E-state index is 0.200. The predicted octanol–water partition coefficient (Wildman–Crippen LogP) is -0.499. The maximum Gasteiger partial charge on any atom is 0.352 e. The van der Waals surface area contributed by atoms with Crippen molar-refractivity contribution in [2.45, 2.75) is 18.0 Å². The summed E-state index contributed by atoms with van der Waals surface area (Å²) < 4.78 is 10.0. The number of carbonyl (C=O) groups excluding carboxylic acids is 3. The van der Waals surface area contributed by atoms with Gasteiger partial charge >= 0.3 is 11.9 Å². The van der Waals surface area contributed by atoms with E-state index in [2.05, 4.69) is 5.32 Å². The first kappa shape index (κ1) is 18.6. The van der Waals surface area contributed by atoms with Crippen LogP contribution in [0.2, 0.25) is 0 Å². The minimum atomic E-state index is -1.66. The SMILES string of the molecule is CO[C@]1(NC(=O)CCl)C(=O)N2C(C(=O)O)=C(COC(C)=O)CS[C@@H]21.